The molecule has 4 rings (SSSR count). The van der Waals surface area contributed by atoms with Crippen molar-refractivity contribution < 1.29 is 18.6 Å². The molecule has 3 heterocycles. The number of halogens is 2. The van der Waals surface area contributed by atoms with Crippen LogP contribution in [-0.2, 0) is 12.1 Å². The summed E-state index contributed by atoms with van der Waals surface area (Å²) < 4.78 is 35.5. The van der Waals surface area contributed by atoms with E-state index in [1.165, 1.54) is 23.4 Å². The summed E-state index contributed by atoms with van der Waals surface area (Å²) in [6.07, 6.45) is 6.71. The minimum Gasteiger partial charge on any atom is -0.478 e. The molecule has 3 aromatic rings. The molecule has 0 amide bonds. The summed E-state index contributed by atoms with van der Waals surface area (Å²) in [6, 6.07) is 6.69. The van der Waals surface area contributed by atoms with Gasteiger partial charge in [0, 0.05) is 49.9 Å². The number of ether oxygens (including phenoxy) is 1. The van der Waals surface area contributed by atoms with E-state index in [4.69, 9.17) is 4.74 Å². The number of unbranched alkanes of at least 4 members (excludes halogenated alkanes) is 1. The lowest BCUT2D eigenvalue weighted by atomic mass is 9.85. The molecule has 0 bridgehead atoms. The molecule has 0 radical (unpaired) electrons. The number of aliphatic hydroxyl groups is 1. The van der Waals surface area contributed by atoms with Crippen LogP contribution >= 0.6 is 0 Å². The van der Waals surface area contributed by atoms with Crippen molar-refractivity contribution in [3.05, 3.63) is 66.4 Å². The standard InChI is InChI=1S/C25H32F2N6O2/c1-3-4-13-35-24-8-6-21(15-29-24)32-11-9-31(10-12-32)19(2)25(34,16-33-18-28-17-30-33)22-7-5-20(26)14-23(22)27/h5-8,14-15,17-19,34H,3-4,9-13,16H2,1-2H3/t19-,25-/m1/s1. The van der Waals surface area contributed by atoms with Gasteiger partial charge < -0.3 is 14.7 Å². The lowest BCUT2D eigenvalue weighted by Crippen LogP contribution is -2.57. The number of aromatic nitrogens is 4. The summed E-state index contributed by atoms with van der Waals surface area (Å²) in [7, 11) is 0. The third-order valence-corrected chi connectivity index (χ3v) is 6.65. The molecule has 1 aliphatic heterocycles. The molecule has 1 fully saturated rings. The topological polar surface area (TPSA) is 79.5 Å². The zero-order chi connectivity index (χ0) is 24.8. The van der Waals surface area contributed by atoms with Crippen LogP contribution in [0.2, 0.25) is 0 Å². The van der Waals surface area contributed by atoms with E-state index in [0.29, 0.717) is 38.7 Å². The van der Waals surface area contributed by atoms with Gasteiger partial charge in [0.25, 0.3) is 0 Å². The monoisotopic (exact) mass is 486 g/mol. The maximum atomic E-state index is 14.8. The molecule has 10 heteroatoms. The lowest BCUT2D eigenvalue weighted by Gasteiger charge is -2.45. The van der Waals surface area contributed by atoms with Crippen molar-refractivity contribution in [1.82, 2.24) is 24.6 Å². The van der Waals surface area contributed by atoms with Gasteiger partial charge in [0.1, 0.15) is 29.9 Å². The van der Waals surface area contributed by atoms with E-state index in [-0.39, 0.29) is 12.1 Å². The molecule has 1 saturated heterocycles. The van der Waals surface area contributed by atoms with E-state index < -0.39 is 23.3 Å². The second-order valence-electron chi connectivity index (χ2n) is 8.90. The van der Waals surface area contributed by atoms with E-state index in [1.54, 1.807) is 0 Å². The molecule has 1 aliphatic rings. The minimum atomic E-state index is -1.65. The SMILES string of the molecule is CCCCOc1ccc(N2CCN([C@H](C)[C@](O)(Cn3cncn3)c3ccc(F)cc3F)CC2)cn1. The van der Waals surface area contributed by atoms with Crippen molar-refractivity contribution in [3.63, 3.8) is 0 Å². The molecule has 0 unspecified atom stereocenters. The Labute approximate surface area is 204 Å². The number of pyridine rings is 1. The fourth-order valence-electron chi connectivity index (χ4n) is 4.48. The average molecular weight is 487 g/mol. The van der Waals surface area contributed by atoms with Crippen LogP contribution in [0.4, 0.5) is 14.5 Å². The second kappa shape index (κ2) is 11.1. The van der Waals surface area contributed by atoms with Crippen molar-refractivity contribution in [3.8, 4) is 5.88 Å². The molecule has 1 aromatic carbocycles. The number of piperazine rings is 1. The van der Waals surface area contributed by atoms with Gasteiger partial charge in [0.2, 0.25) is 5.88 Å². The normalized spacial score (nSPS) is 17.2. The van der Waals surface area contributed by atoms with Crippen LogP contribution in [0.3, 0.4) is 0 Å². The highest BCUT2D eigenvalue weighted by molar-refractivity contribution is 5.46. The van der Waals surface area contributed by atoms with Gasteiger partial charge >= 0.3 is 0 Å². The summed E-state index contributed by atoms with van der Waals surface area (Å²) >= 11 is 0. The van der Waals surface area contributed by atoms with Crippen molar-refractivity contribution >= 4 is 5.69 Å². The van der Waals surface area contributed by atoms with Crippen LogP contribution in [-0.4, -0.2) is 68.6 Å². The van der Waals surface area contributed by atoms with E-state index in [2.05, 4.69) is 31.8 Å². The van der Waals surface area contributed by atoms with E-state index >= 15 is 0 Å². The first-order valence-corrected chi connectivity index (χ1v) is 12.0. The Balaban J connectivity index is 1.46. The van der Waals surface area contributed by atoms with Crippen LogP contribution in [0.15, 0.2) is 49.2 Å². The highest BCUT2D eigenvalue weighted by Gasteiger charge is 2.42. The molecular formula is C25H32F2N6O2. The van der Waals surface area contributed by atoms with E-state index in [9.17, 15) is 13.9 Å². The number of anilines is 1. The molecule has 0 spiro atoms. The van der Waals surface area contributed by atoms with Crippen LogP contribution in [0.1, 0.15) is 32.3 Å². The highest BCUT2D eigenvalue weighted by Crippen LogP contribution is 2.33. The van der Waals surface area contributed by atoms with Crippen molar-refractivity contribution in [2.45, 2.75) is 44.9 Å². The van der Waals surface area contributed by atoms with Crippen LogP contribution in [0, 0.1) is 11.6 Å². The van der Waals surface area contributed by atoms with Crippen LogP contribution in [0.5, 0.6) is 5.88 Å². The van der Waals surface area contributed by atoms with Crippen LogP contribution < -0.4 is 9.64 Å². The number of hydrogen-bond acceptors (Lipinski definition) is 7. The smallest absolute Gasteiger partial charge is 0.213 e. The minimum absolute atomic E-state index is 0.0135. The van der Waals surface area contributed by atoms with Crippen molar-refractivity contribution in [2.24, 2.45) is 0 Å². The zero-order valence-electron chi connectivity index (χ0n) is 20.1. The van der Waals surface area contributed by atoms with Gasteiger partial charge in [-0.25, -0.2) is 23.4 Å². The Morgan fingerprint density at radius 2 is 1.94 bits per heavy atom. The summed E-state index contributed by atoms with van der Waals surface area (Å²) in [5.74, 6) is -0.856. The molecule has 0 saturated carbocycles. The number of benzene rings is 1. The van der Waals surface area contributed by atoms with Gasteiger partial charge in [-0.05, 0) is 25.5 Å². The maximum absolute atomic E-state index is 14.8. The molecule has 2 aromatic heterocycles. The fourth-order valence-corrected chi connectivity index (χ4v) is 4.48. The largest absolute Gasteiger partial charge is 0.478 e. The molecule has 188 valence electrons. The summed E-state index contributed by atoms with van der Waals surface area (Å²) in [5.41, 5.74) is -0.609. The maximum Gasteiger partial charge on any atom is 0.213 e. The first-order valence-electron chi connectivity index (χ1n) is 12.0. The van der Waals surface area contributed by atoms with E-state index in [0.717, 1.165) is 30.7 Å². The Hall–Kier alpha value is -3.11. The van der Waals surface area contributed by atoms with Crippen molar-refractivity contribution in [2.75, 3.05) is 37.7 Å². The van der Waals surface area contributed by atoms with Gasteiger partial charge in [0.05, 0.1) is 25.0 Å². The molecule has 1 N–H and O–H groups in total. The quantitative estimate of drug-likeness (QED) is 0.441. The molecule has 35 heavy (non-hydrogen) atoms. The number of hydrogen-bond donors (Lipinski definition) is 1. The predicted molar refractivity (Wildman–Crippen MR) is 128 cm³/mol. The Kier molecular flexibility index (Phi) is 7.92. The lowest BCUT2D eigenvalue weighted by molar-refractivity contribution is -0.0650. The molecule has 2 atom stereocenters. The van der Waals surface area contributed by atoms with Crippen LogP contribution in [0.25, 0.3) is 0 Å². The van der Waals surface area contributed by atoms with Gasteiger partial charge in [0.15, 0.2) is 0 Å². The van der Waals surface area contributed by atoms with Gasteiger partial charge in [-0.3, -0.25) is 4.90 Å². The average Bonchev–Trinajstić information content (AvgIpc) is 3.37. The van der Waals surface area contributed by atoms with Crippen molar-refractivity contribution in [1.29, 1.82) is 0 Å². The molecule has 0 aliphatic carbocycles. The Morgan fingerprint density at radius 1 is 1.14 bits per heavy atom. The second-order valence-corrected chi connectivity index (χ2v) is 8.90. The predicted octanol–water partition coefficient (Wildman–Crippen LogP) is 3.23. The van der Waals surface area contributed by atoms with Gasteiger partial charge in [-0.15, -0.1) is 0 Å². The molecular weight excluding hydrogens is 454 g/mol. The van der Waals surface area contributed by atoms with E-state index in [1.807, 2.05) is 25.3 Å². The number of nitrogens with zero attached hydrogens (tertiary/aromatic N) is 6. The highest BCUT2D eigenvalue weighted by atomic mass is 19.1. The van der Waals surface area contributed by atoms with Gasteiger partial charge in [-0.2, -0.15) is 5.10 Å². The third kappa shape index (κ3) is 5.76. The fraction of sp³-hybridized carbons (Fsp3) is 0.480. The first kappa shape index (κ1) is 25.0. The Morgan fingerprint density at radius 3 is 2.57 bits per heavy atom. The third-order valence-electron chi connectivity index (χ3n) is 6.65. The number of rotatable bonds is 10. The molecule has 8 nitrogen and oxygen atoms in total. The Bertz CT molecular complexity index is 1070. The summed E-state index contributed by atoms with van der Waals surface area (Å²) in [5, 5.41) is 15.9. The summed E-state index contributed by atoms with van der Waals surface area (Å²) in [6.45, 7) is 7.36. The van der Waals surface area contributed by atoms with Gasteiger partial charge in [-0.1, -0.05) is 19.4 Å². The zero-order valence-corrected chi connectivity index (χ0v) is 20.1. The first-order chi connectivity index (χ1) is 16.9. The summed E-state index contributed by atoms with van der Waals surface area (Å²) in [4.78, 5) is 12.7.